The van der Waals surface area contributed by atoms with Gasteiger partial charge < -0.3 is 24.1 Å². The van der Waals surface area contributed by atoms with Gasteiger partial charge in [-0.1, -0.05) is 48.9 Å². The molecule has 4 rings (SSSR count). The van der Waals surface area contributed by atoms with Gasteiger partial charge in [0.15, 0.2) is 11.5 Å². The maximum Gasteiger partial charge on any atom is 0.255 e. The molecule has 0 radical (unpaired) electrons. The van der Waals surface area contributed by atoms with Crippen molar-refractivity contribution in [3.63, 3.8) is 0 Å². The average molecular weight is 542 g/mol. The van der Waals surface area contributed by atoms with Gasteiger partial charge in [-0.05, 0) is 68.1 Å². The standard InChI is InChI=1S/C33H39N3O4/c1-4-13-25-19-20-30(31(24-25)39-3)40-23-12-22-36-28-16-9-8-15-27(28)35-32(36)18-6-5-11-21-34-33(37)26-14-7-10-17-29(26)38-2/h4,7-10,13-17,19-20,24H,5-6,11-12,18,21-23H2,1-3H3,(H,34,37)/b13-4+. The van der Waals surface area contributed by atoms with Gasteiger partial charge in [-0.25, -0.2) is 4.98 Å². The predicted octanol–water partition coefficient (Wildman–Crippen LogP) is 6.70. The maximum atomic E-state index is 12.5. The summed E-state index contributed by atoms with van der Waals surface area (Å²) in [7, 11) is 3.24. The van der Waals surface area contributed by atoms with Crippen LogP contribution in [0.25, 0.3) is 17.1 Å². The number of unbranched alkanes of at least 4 members (excludes halogenated alkanes) is 2. The van der Waals surface area contributed by atoms with E-state index in [1.165, 1.54) is 0 Å². The summed E-state index contributed by atoms with van der Waals surface area (Å²) in [5.41, 5.74) is 3.81. The highest BCUT2D eigenvalue weighted by Crippen LogP contribution is 2.29. The number of allylic oxidation sites excluding steroid dienone is 1. The fraction of sp³-hybridized carbons (Fsp3) is 0.333. The van der Waals surface area contributed by atoms with Crippen molar-refractivity contribution in [3.8, 4) is 17.2 Å². The van der Waals surface area contributed by atoms with E-state index in [4.69, 9.17) is 19.2 Å². The van der Waals surface area contributed by atoms with Crippen LogP contribution in [0.4, 0.5) is 0 Å². The number of nitrogens with zero attached hydrogens (tertiary/aromatic N) is 2. The molecule has 0 bridgehead atoms. The molecule has 7 heteroatoms. The van der Waals surface area contributed by atoms with Crippen LogP contribution >= 0.6 is 0 Å². The van der Waals surface area contributed by atoms with Crippen LogP contribution in [0, 0.1) is 0 Å². The van der Waals surface area contributed by atoms with Crippen molar-refractivity contribution < 1.29 is 19.0 Å². The number of benzene rings is 3. The molecule has 7 nitrogen and oxygen atoms in total. The van der Waals surface area contributed by atoms with Gasteiger partial charge in [0.1, 0.15) is 11.6 Å². The Morgan fingerprint density at radius 3 is 2.52 bits per heavy atom. The van der Waals surface area contributed by atoms with E-state index in [2.05, 4.69) is 28.1 Å². The molecule has 0 aliphatic carbocycles. The van der Waals surface area contributed by atoms with Crippen molar-refractivity contribution in [3.05, 3.63) is 89.8 Å². The van der Waals surface area contributed by atoms with E-state index in [1.54, 1.807) is 26.4 Å². The summed E-state index contributed by atoms with van der Waals surface area (Å²) in [6, 6.07) is 21.5. The highest BCUT2D eigenvalue weighted by atomic mass is 16.5. The van der Waals surface area contributed by atoms with Crippen LogP contribution in [0.2, 0.25) is 0 Å². The van der Waals surface area contributed by atoms with Crippen molar-refractivity contribution in [2.45, 2.75) is 45.6 Å². The zero-order valence-electron chi connectivity index (χ0n) is 23.7. The molecule has 0 aliphatic rings. The molecule has 0 aliphatic heterocycles. The summed E-state index contributed by atoms with van der Waals surface area (Å²) in [6.45, 7) is 4.03. The largest absolute Gasteiger partial charge is 0.496 e. The van der Waals surface area contributed by atoms with Gasteiger partial charge in [0, 0.05) is 19.5 Å². The Labute approximate surface area is 236 Å². The summed E-state index contributed by atoms with van der Waals surface area (Å²) >= 11 is 0. The predicted molar refractivity (Wildman–Crippen MR) is 160 cm³/mol. The molecule has 0 saturated carbocycles. The number of imidazole rings is 1. The number of nitrogens with one attached hydrogen (secondary N) is 1. The number of carbonyl (C=O) groups is 1. The van der Waals surface area contributed by atoms with E-state index < -0.39 is 0 Å². The molecule has 3 aromatic carbocycles. The minimum Gasteiger partial charge on any atom is -0.496 e. The van der Waals surface area contributed by atoms with Crippen LogP contribution in [-0.2, 0) is 13.0 Å². The second-order valence-corrected chi connectivity index (χ2v) is 9.55. The molecule has 1 aromatic heterocycles. The molecule has 210 valence electrons. The van der Waals surface area contributed by atoms with Crippen LogP contribution in [-0.4, -0.2) is 42.8 Å². The van der Waals surface area contributed by atoms with Crippen molar-refractivity contribution in [1.82, 2.24) is 14.9 Å². The first-order valence-corrected chi connectivity index (χ1v) is 13.9. The van der Waals surface area contributed by atoms with Crippen LogP contribution in [0.15, 0.2) is 72.8 Å². The van der Waals surface area contributed by atoms with Gasteiger partial charge in [0.2, 0.25) is 0 Å². The number of amides is 1. The zero-order valence-corrected chi connectivity index (χ0v) is 23.7. The van der Waals surface area contributed by atoms with Gasteiger partial charge in [-0.3, -0.25) is 4.79 Å². The quantitative estimate of drug-likeness (QED) is 0.170. The van der Waals surface area contributed by atoms with Crippen molar-refractivity contribution in [1.29, 1.82) is 0 Å². The SMILES string of the molecule is C/C=C/c1ccc(OCCCn2c(CCCCCNC(=O)c3ccccc3OC)nc3ccccc32)c(OC)c1. The van der Waals surface area contributed by atoms with Gasteiger partial charge in [0.25, 0.3) is 5.91 Å². The summed E-state index contributed by atoms with van der Waals surface area (Å²) in [4.78, 5) is 17.4. The van der Waals surface area contributed by atoms with Gasteiger partial charge in [0.05, 0.1) is 37.4 Å². The van der Waals surface area contributed by atoms with Crippen LogP contribution in [0.5, 0.6) is 17.2 Å². The molecular formula is C33H39N3O4. The molecule has 1 amide bonds. The van der Waals surface area contributed by atoms with E-state index in [1.807, 2.05) is 55.5 Å². The lowest BCUT2D eigenvalue weighted by Gasteiger charge is -2.13. The minimum atomic E-state index is -0.104. The number of ether oxygens (including phenoxy) is 3. The van der Waals surface area contributed by atoms with Gasteiger partial charge in [-0.2, -0.15) is 0 Å². The lowest BCUT2D eigenvalue weighted by molar-refractivity contribution is 0.0950. The number of aromatic nitrogens is 2. The normalized spacial score (nSPS) is 11.2. The van der Waals surface area contributed by atoms with E-state index in [-0.39, 0.29) is 5.91 Å². The number of hydrogen-bond acceptors (Lipinski definition) is 5. The fourth-order valence-corrected chi connectivity index (χ4v) is 4.78. The highest BCUT2D eigenvalue weighted by Gasteiger charge is 2.12. The molecular weight excluding hydrogens is 502 g/mol. The van der Waals surface area contributed by atoms with Crippen LogP contribution < -0.4 is 19.5 Å². The summed E-state index contributed by atoms with van der Waals surface area (Å²) in [5.74, 6) is 3.07. The topological polar surface area (TPSA) is 74.6 Å². The molecule has 0 spiro atoms. The van der Waals surface area contributed by atoms with E-state index in [9.17, 15) is 4.79 Å². The number of methoxy groups -OCH3 is 2. The first-order valence-electron chi connectivity index (χ1n) is 13.9. The van der Waals surface area contributed by atoms with Crippen molar-refractivity contribution in [2.24, 2.45) is 0 Å². The number of carbonyl (C=O) groups excluding carboxylic acids is 1. The molecule has 0 fully saturated rings. The Kier molecular flexibility index (Phi) is 10.6. The fourth-order valence-electron chi connectivity index (χ4n) is 4.78. The van der Waals surface area contributed by atoms with Crippen LogP contribution in [0.3, 0.4) is 0 Å². The Hall–Kier alpha value is -4.26. The molecule has 1 heterocycles. The third kappa shape index (κ3) is 7.44. The Balaban J connectivity index is 1.27. The maximum absolute atomic E-state index is 12.5. The second-order valence-electron chi connectivity index (χ2n) is 9.55. The molecule has 40 heavy (non-hydrogen) atoms. The lowest BCUT2D eigenvalue weighted by Crippen LogP contribution is -2.24. The average Bonchev–Trinajstić information content (AvgIpc) is 3.34. The van der Waals surface area contributed by atoms with Crippen molar-refractivity contribution >= 4 is 23.0 Å². The van der Waals surface area contributed by atoms with Gasteiger partial charge in [-0.15, -0.1) is 0 Å². The minimum absolute atomic E-state index is 0.104. The second kappa shape index (κ2) is 14.8. The summed E-state index contributed by atoms with van der Waals surface area (Å²) in [5, 5.41) is 3.00. The zero-order chi connectivity index (χ0) is 28.2. The Morgan fingerprint density at radius 1 is 0.900 bits per heavy atom. The smallest absolute Gasteiger partial charge is 0.255 e. The lowest BCUT2D eigenvalue weighted by atomic mass is 10.1. The first-order chi connectivity index (χ1) is 19.6. The van der Waals surface area contributed by atoms with Crippen LogP contribution in [0.1, 0.15) is 54.4 Å². The molecule has 4 aromatic rings. The third-order valence-electron chi connectivity index (χ3n) is 6.78. The number of rotatable bonds is 15. The van der Waals surface area contributed by atoms with E-state index in [0.717, 1.165) is 72.6 Å². The summed E-state index contributed by atoms with van der Waals surface area (Å²) < 4.78 is 19.2. The number of aryl methyl sites for hydroxylation is 2. The molecule has 1 N–H and O–H groups in total. The Bertz CT molecular complexity index is 1430. The first kappa shape index (κ1) is 28.7. The number of fused-ring (bicyclic) bond motifs is 1. The monoisotopic (exact) mass is 541 g/mol. The molecule has 0 atom stereocenters. The summed E-state index contributed by atoms with van der Waals surface area (Å²) in [6.07, 6.45) is 8.68. The van der Waals surface area contributed by atoms with E-state index >= 15 is 0 Å². The molecule has 0 saturated heterocycles. The Morgan fingerprint density at radius 2 is 1.70 bits per heavy atom. The highest BCUT2D eigenvalue weighted by molar-refractivity contribution is 5.96. The number of para-hydroxylation sites is 3. The number of hydrogen-bond donors (Lipinski definition) is 1. The third-order valence-corrected chi connectivity index (χ3v) is 6.78. The van der Waals surface area contributed by atoms with E-state index in [0.29, 0.717) is 24.5 Å². The molecule has 0 unspecified atom stereocenters. The van der Waals surface area contributed by atoms with Crippen molar-refractivity contribution in [2.75, 3.05) is 27.4 Å². The van der Waals surface area contributed by atoms with Gasteiger partial charge >= 0.3 is 0 Å².